The van der Waals surface area contributed by atoms with Crippen LogP contribution in [0.15, 0.2) is 59.1 Å². The summed E-state index contributed by atoms with van der Waals surface area (Å²) >= 11 is 5.97. The molecule has 0 spiro atoms. The van der Waals surface area contributed by atoms with Gasteiger partial charge in [0, 0.05) is 17.1 Å². The molecule has 0 radical (unpaired) electrons. The van der Waals surface area contributed by atoms with Gasteiger partial charge in [-0.25, -0.2) is 0 Å². The van der Waals surface area contributed by atoms with Crippen LogP contribution in [0.1, 0.15) is 21.7 Å². The van der Waals surface area contributed by atoms with Gasteiger partial charge in [-0.3, -0.25) is 4.79 Å². The van der Waals surface area contributed by atoms with E-state index in [-0.39, 0.29) is 5.91 Å². The minimum atomic E-state index is -0.186. The molecule has 0 aliphatic rings. The summed E-state index contributed by atoms with van der Waals surface area (Å²) in [7, 11) is 0. The lowest BCUT2D eigenvalue weighted by Crippen LogP contribution is -2.26. The van der Waals surface area contributed by atoms with E-state index in [4.69, 9.17) is 16.1 Å². The van der Waals surface area contributed by atoms with Gasteiger partial charge in [-0.2, -0.15) is 0 Å². The van der Waals surface area contributed by atoms with Gasteiger partial charge in [-0.1, -0.05) is 59.2 Å². The molecule has 0 atom stereocenters. The van der Waals surface area contributed by atoms with Gasteiger partial charge >= 0.3 is 0 Å². The molecule has 5 heteroatoms. The lowest BCUT2D eigenvalue weighted by atomic mass is 10.1. The van der Waals surface area contributed by atoms with Crippen molar-refractivity contribution in [2.75, 3.05) is 6.54 Å². The average molecular weight is 341 g/mol. The Hall–Kier alpha value is -2.59. The fourth-order valence-electron chi connectivity index (χ4n) is 2.53. The molecule has 0 saturated carbocycles. The Bertz CT molecular complexity index is 844. The van der Waals surface area contributed by atoms with Crippen LogP contribution in [-0.2, 0) is 6.42 Å². The number of amides is 1. The molecule has 1 aromatic heterocycles. The van der Waals surface area contributed by atoms with Crippen molar-refractivity contribution in [3.63, 3.8) is 0 Å². The molecular formula is C19H17ClN2O2. The molecule has 0 fully saturated rings. The fraction of sp³-hybridized carbons (Fsp3) is 0.158. The van der Waals surface area contributed by atoms with Gasteiger partial charge in [0.1, 0.15) is 17.0 Å². The van der Waals surface area contributed by atoms with Crippen molar-refractivity contribution in [2.45, 2.75) is 13.3 Å². The van der Waals surface area contributed by atoms with Crippen LogP contribution in [0.3, 0.4) is 0 Å². The number of aryl methyl sites for hydroxylation is 1. The van der Waals surface area contributed by atoms with E-state index in [9.17, 15) is 4.79 Å². The molecule has 0 saturated heterocycles. The lowest BCUT2D eigenvalue weighted by molar-refractivity contribution is 0.0953. The highest BCUT2D eigenvalue weighted by molar-refractivity contribution is 6.30. The van der Waals surface area contributed by atoms with Crippen molar-refractivity contribution in [3.05, 3.63) is 76.5 Å². The Morgan fingerprint density at radius 3 is 2.71 bits per heavy atom. The SMILES string of the molecule is Cc1onc(-c2ccccc2)c1C(=O)NCCc1cccc(Cl)c1. The van der Waals surface area contributed by atoms with Crippen molar-refractivity contribution in [3.8, 4) is 11.3 Å². The number of carbonyl (C=O) groups excluding carboxylic acids is 1. The molecule has 1 N–H and O–H groups in total. The molecule has 122 valence electrons. The Morgan fingerprint density at radius 1 is 1.17 bits per heavy atom. The second kappa shape index (κ2) is 7.32. The maximum absolute atomic E-state index is 12.5. The molecule has 4 nitrogen and oxygen atoms in total. The zero-order chi connectivity index (χ0) is 16.9. The van der Waals surface area contributed by atoms with Crippen molar-refractivity contribution < 1.29 is 9.32 Å². The van der Waals surface area contributed by atoms with Gasteiger partial charge < -0.3 is 9.84 Å². The van der Waals surface area contributed by atoms with Crippen molar-refractivity contribution in [1.29, 1.82) is 0 Å². The highest BCUT2D eigenvalue weighted by atomic mass is 35.5. The van der Waals surface area contributed by atoms with Gasteiger partial charge in [-0.15, -0.1) is 0 Å². The molecule has 3 aromatic rings. The molecule has 1 amide bonds. The van der Waals surface area contributed by atoms with Crippen LogP contribution in [0, 0.1) is 6.92 Å². The maximum atomic E-state index is 12.5. The number of carbonyl (C=O) groups is 1. The first-order valence-corrected chi connectivity index (χ1v) is 8.07. The third-order valence-corrected chi connectivity index (χ3v) is 3.96. The monoisotopic (exact) mass is 340 g/mol. The number of rotatable bonds is 5. The number of hydrogen-bond donors (Lipinski definition) is 1. The van der Waals surface area contributed by atoms with Gasteiger partial charge in [0.25, 0.3) is 5.91 Å². The van der Waals surface area contributed by atoms with Crippen molar-refractivity contribution in [2.24, 2.45) is 0 Å². The summed E-state index contributed by atoms with van der Waals surface area (Å²) in [5.41, 5.74) is 2.98. The summed E-state index contributed by atoms with van der Waals surface area (Å²) in [6, 6.07) is 17.1. The summed E-state index contributed by atoms with van der Waals surface area (Å²) in [4.78, 5) is 12.5. The van der Waals surface area contributed by atoms with Crippen molar-refractivity contribution >= 4 is 17.5 Å². The summed E-state index contributed by atoms with van der Waals surface area (Å²) in [6.07, 6.45) is 0.706. The summed E-state index contributed by atoms with van der Waals surface area (Å²) in [5.74, 6) is 0.323. The smallest absolute Gasteiger partial charge is 0.257 e. The number of nitrogens with one attached hydrogen (secondary N) is 1. The molecule has 0 unspecified atom stereocenters. The molecule has 24 heavy (non-hydrogen) atoms. The Morgan fingerprint density at radius 2 is 1.96 bits per heavy atom. The number of aromatic nitrogens is 1. The predicted octanol–water partition coefficient (Wildman–Crippen LogP) is 4.28. The minimum Gasteiger partial charge on any atom is -0.360 e. The fourth-order valence-corrected chi connectivity index (χ4v) is 2.75. The lowest BCUT2D eigenvalue weighted by Gasteiger charge is -2.06. The van der Waals surface area contributed by atoms with E-state index in [2.05, 4.69) is 10.5 Å². The molecule has 2 aromatic carbocycles. The molecule has 3 rings (SSSR count). The first-order chi connectivity index (χ1) is 11.6. The quantitative estimate of drug-likeness (QED) is 0.754. The van der Waals surface area contributed by atoms with Crippen LogP contribution in [0.25, 0.3) is 11.3 Å². The first-order valence-electron chi connectivity index (χ1n) is 7.69. The molecule has 0 aliphatic heterocycles. The van der Waals surface area contributed by atoms with E-state index in [0.717, 1.165) is 11.1 Å². The summed E-state index contributed by atoms with van der Waals surface area (Å²) in [5, 5.41) is 7.65. The zero-order valence-corrected chi connectivity index (χ0v) is 14.0. The maximum Gasteiger partial charge on any atom is 0.257 e. The highest BCUT2D eigenvalue weighted by Crippen LogP contribution is 2.24. The van der Waals surface area contributed by atoms with Gasteiger partial charge in [0.2, 0.25) is 0 Å². The number of halogens is 1. The van der Waals surface area contributed by atoms with E-state index in [1.807, 2.05) is 54.6 Å². The normalized spacial score (nSPS) is 10.6. The molecular weight excluding hydrogens is 324 g/mol. The van der Waals surface area contributed by atoms with Crippen LogP contribution in [0.2, 0.25) is 5.02 Å². The molecule has 1 heterocycles. The Balaban J connectivity index is 1.70. The minimum absolute atomic E-state index is 0.186. The number of hydrogen-bond acceptors (Lipinski definition) is 3. The van der Waals surface area contributed by atoms with Gasteiger partial charge in [-0.05, 0) is 31.0 Å². The van der Waals surface area contributed by atoms with Crippen LogP contribution < -0.4 is 5.32 Å². The van der Waals surface area contributed by atoms with E-state index >= 15 is 0 Å². The van der Waals surface area contributed by atoms with Gasteiger partial charge in [0.15, 0.2) is 0 Å². The standard InChI is InChI=1S/C19H17ClN2O2/c1-13-17(18(22-24-13)15-7-3-2-4-8-15)19(23)21-11-10-14-6-5-9-16(20)12-14/h2-9,12H,10-11H2,1H3,(H,21,23). The van der Waals surface area contributed by atoms with Gasteiger partial charge in [0.05, 0.1) is 0 Å². The molecule has 0 bridgehead atoms. The van der Waals surface area contributed by atoms with Crippen LogP contribution in [0.5, 0.6) is 0 Å². The Labute approximate surface area is 145 Å². The third-order valence-electron chi connectivity index (χ3n) is 3.73. The van der Waals surface area contributed by atoms with E-state index in [0.29, 0.717) is 35.0 Å². The zero-order valence-electron chi connectivity index (χ0n) is 13.3. The van der Waals surface area contributed by atoms with Crippen LogP contribution in [0.4, 0.5) is 0 Å². The highest BCUT2D eigenvalue weighted by Gasteiger charge is 2.21. The van der Waals surface area contributed by atoms with E-state index < -0.39 is 0 Å². The summed E-state index contributed by atoms with van der Waals surface area (Å²) < 4.78 is 5.22. The van der Waals surface area contributed by atoms with E-state index in [1.54, 1.807) is 6.92 Å². The number of benzene rings is 2. The van der Waals surface area contributed by atoms with Crippen molar-refractivity contribution in [1.82, 2.24) is 10.5 Å². The van der Waals surface area contributed by atoms with E-state index in [1.165, 1.54) is 0 Å². The average Bonchev–Trinajstić information content (AvgIpc) is 2.97. The second-order valence-electron chi connectivity index (χ2n) is 5.46. The Kier molecular flexibility index (Phi) is 4.96. The predicted molar refractivity (Wildman–Crippen MR) is 94.2 cm³/mol. The molecule has 0 aliphatic carbocycles. The third kappa shape index (κ3) is 3.66. The second-order valence-corrected chi connectivity index (χ2v) is 5.90. The number of nitrogens with zero attached hydrogens (tertiary/aromatic N) is 1. The largest absolute Gasteiger partial charge is 0.360 e. The van der Waals surface area contributed by atoms with Crippen LogP contribution in [-0.4, -0.2) is 17.6 Å². The first kappa shape index (κ1) is 16.3. The van der Waals surface area contributed by atoms with Crippen LogP contribution >= 0.6 is 11.6 Å². The summed E-state index contributed by atoms with van der Waals surface area (Å²) in [6.45, 7) is 2.25. The topological polar surface area (TPSA) is 55.1 Å².